The van der Waals surface area contributed by atoms with Gasteiger partial charge >= 0.3 is 5.97 Å². The van der Waals surface area contributed by atoms with Crippen LogP contribution in [0, 0.1) is 31.9 Å². The third-order valence-electron chi connectivity index (χ3n) is 11.3. The molecule has 0 amide bonds. The largest absolute Gasteiger partial charge is 0.480 e. The second kappa shape index (κ2) is 15.3. The molecule has 2 aliphatic carbocycles. The number of fused-ring (bicyclic) bond motifs is 6. The molecule has 9 nitrogen and oxygen atoms in total. The van der Waals surface area contributed by atoms with Crippen molar-refractivity contribution < 1.29 is 9.90 Å². The minimum absolute atomic E-state index is 0.155. The molecule has 278 valence electrons. The normalized spacial score (nSPS) is 17.4. The molecule has 1 saturated carbocycles. The lowest BCUT2D eigenvalue weighted by atomic mass is 9.96. The Labute approximate surface area is 326 Å². The van der Waals surface area contributed by atoms with Gasteiger partial charge in [-0.1, -0.05) is 81.8 Å². The summed E-state index contributed by atoms with van der Waals surface area (Å²) < 4.78 is 3.50. The number of rotatable bonds is 11. The second-order valence-corrected chi connectivity index (χ2v) is 16.8. The Balaban J connectivity index is 1.21. The van der Waals surface area contributed by atoms with Crippen molar-refractivity contribution in [2.24, 2.45) is 0 Å². The Morgan fingerprint density at radius 3 is 2.47 bits per heavy atom. The summed E-state index contributed by atoms with van der Waals surface area (Å²) in [6, 6.07) is 26.0. The molecule has 0 radical (unpaired) electrons. The van der Waals surface area contributed by atoms with Crippen LogP contribution in [0.25, 0.3) is 22.8 Å². The van der Waals surface area contributed by atoms with Crippen LogP contribution in [-0.4, -0.2) is 26.3 Å². The van der Waals surface area contributed by atoms with Crippen LogP contribution in [0.1, 0.15) is 92.9 Å². The standard InChI is InChI=1S/C44H41N5O4S2/c1-2-3-4-5-6-9-19-47-42(53)40(55-43(47)30(24-45)25-46)44-48(26-39(50)51)41(52)38(54-44)21-27-15-18-37-35(20-27)34-13-10-14-36(34)49(37)31-16-17-33-29(23-31)22-28-11-7-8-12-32(28)33/h7-8,11-12,15-18,20-21,23,34,36H,2-6,9-10,13-14,19,22,26H2,1H3,(H,50,51)/b38-21+,44-40+. The molecule has 0 saturated heterocycles. The van der Waals surface area contributed by atoms with Crippen molar-refractivity contribution >= 4 is 51.7 Å². The predicted octanol–water partition coefficient (Wildman–Crippen LogP) is 7.25. The highest BCUT2D eigenvalue weighted by Crippen LogP contribution is 2.53. The molecule has 3 aliphatic rings. The van der Waals surface area contributed by atoms with E-state index in [0.717, 1.165) is 90.6 Å². The lowest BCUT2D eigenvalue weighted by Gasteiger charge is -2.27. The quantitative estimate of drug-likeness (QED) is 0.137. The first-order chi connectivity index (χ1) is 26.8. The van der Waals surface area contributed by atoms with Crippen LogP contribution in [0.3, 0.4) is 0 Å². The van der Waals surface area contributed by atoms with Gasteiger partial charge in [-0.15, -0.1) is 22.7 Å². The van der Waals surface area contributed by atoms with Gasteiger partial charge in [0.2, 0.25) is 0 Å². The van der Waals surface area contributed by atoms with Crippen molar-refractivity contribution in [1.29, 1.82) is 10.5 Å². The summed E-state index contributed by atoms with van der Waals surface area (Å²) in [5.41, 5.74) is 8.68. The van der Waals surface area contributed by atoms with Crippen LogP contribution in [0.15, 0.2) is 70.3 Å². The molecule has 0 bridgehead atoms. The highest BCUT2D eigenvalue weighted by molar-refractivity contribution is 7.11. The highest BCUT2D eigenvalue weighted by Gasteiger charge is 2.42. The zero-order chi connectivity index (χ0) is 38.2. The van der Waals surface area contributed by atoms with Gasteiger partial charge in [0.15, 0.2) is 5.57 Å². The summed E-state index contributed by atoms with van der Waals surface area (Å²) in [7, 11) is 0. The molecule has 2 aromatic heterocycles. The average Bonchev–Trinajstić information content (AvgIpc) is 3.99. The summed E-state index contributed by atoms with van der Waals surface area (Å²) >= 11 is 2.05. The summed E-state index contributed by atoms with van der Waals surface area (Å²) in [5.74, 6) is -0.852. The third kappa shape index (κ3) is 6.66. The van der Waals surface area contributed by atoms with Crippen molar-refractivity contribution in [3.8, 4) is 23.3 Å². The molecule has 5 aromatic rings. The van der Waals surface area contributed by atoms with E-state index in [2.05, 4.69) is 66.4 Å². The molecule has 11 heteroatoms. The number of hydrogen-bond donors (Lipinski definition) is 1. The van der Waals surface area contributed by atoms with Gasteiger partial charge in [0.05, 0.1) is 4.53 Å². The van der Waals surface area contributed by atoms with Crippen molar-refractivity contribution in [2.75, 3.05) is 4.90 Å². The van der Waals surface area contributed by atoms with Gasteiger partial charge in [0, 0.05) is 29.9 Å². The number of hydrogen-bond acceptors (Lipinski definition) is 8. The number of aliphatic carboxylic acids is 1. The van der Waals surface area contributed by atoms with E-state index >= 15 is 0 Å². The van der Waals surface area contributed by atoms with Crippen molar-refractivity contribution in [3.05, 3.63) is 122 Å². The summed E-state index contributed by atoms with van der Waals surface area (Å²) in [6.07, 6.45) is 12.0. The Morgan fingerprint density at radius 1 is 0.891 bits per heavy atom. The van der Waals surface area contributed by atoms with Crippen molar-refractivity contribution in [1.82, 2.24) is 9.13 Å². The van der Waals surface area contributed by atoms with Crippen LogP contribution in [0.5, 0.6) is 0 Å². The first kappa shape index (κ1) is 36.5. The third-order valence-corrected chi connectivity index (χ3v) is 13.8. The molecule has 3 heterocycles. The highest BCUT2D eigenvalue weighted by atomic mass is 32.1. The van der Waals surface area contributed by atoms with Crippen LogP contribution in [0.4, 0.5) is 11.4 Å². The molecule has 2 unspecified atom stereocenters. The zero-order valence-electron chi connectivity index (χ0n) is 30.7. The van der Waals surface area contributed by atoms with Gasteiger partial charge in [0.25, 0.3) is 11.1 Å². The number of aromatic nitrogens is 2. The summed E-state index contributed by atoms with van der Waals surface area (Å²) in [6.45, 7) is 1.85. The van der Waals surface area contributed by atoms with Gasteiger partial charge < -0.3 is 10.0 Å². The first-order valence-corrected chi connectivity index (χ1v) is 20.8. The maximum atomic E-state index is 14.0. The fraction of sp³-hybridized carbons (Fsp3) is 0.341. The molecule has 2 atom stereocenters. The molecule has 3 aromatic carbocycles. The van der Waals surface area contributed by atoms with Gasteiger partial charge in [-0.3, -0.25) is 23.5 Å². The van der Waals surface area contributed by atoms with Crippen LogP contribution >= 0.6 is 22.7 Å². The van der Waals surface area contributed by atoms with E-state index in [1.165, 1.54) is 43.8 Å². The maximum Gasteiger partial charge on any atom is 0.323 e. The first-order valence-electron chi connectivity index (χ1n) is 19.2. The minimum Gasteiger partial charge on any atom is -0.480 e. The summed E-state index contributed by atoms with van der Waals surface area (Å²) in [5, 5.41) is 29.3. The lowest BCUT2D eigenvalue weighted by molar-refractivity contribution is -0.137. The Bertz CT molecular complexity index is 2760. The number of nitriles is 2. The lowest BCUT2D eigenvalue weighted by Crippen LogP contribution is -2.30. The fourth-order valence-corrected chi connectivity index (χ4v) is 11.2. The van der Waals surface area contributed by atoms with Crippen LogP contribution < -0.4 is 25.2 Å². The molecular weight excluding hydrogens is 727 g/mol. The van der Waals surface area contributed by atoms with E-state index in [4.69, 9.17) is 0 Å². The smallest absolute Gasteiger partial charge is 0.323 e. The molecule has 55 heavy (non-hydrogen) atoms. The molecule has 1 aliphatic heterocycles. The number of carboxylic acid groups (broad SMARTS) is 1. The number of benzene rings is 3. The van der Waals surface area contributed by atoms with Crippen LogP contribution in [0.2, 0.25) is 0 Å². The molecular formula is C44H41N5O4S2. The number of anilines is 2. The maximum absolute atomic E-state index is 14.0. The molecule has 0 spiro atoms. The van der Waals surface area contributed by atoms with E-state index in [1.807, 2.05) is 18.2 Å². The second-order valence-electron chi connectivity index (χ2n) is 14.7. The Morgan fingerprint density at radius 2 is 1.67 bits per heavy atom. The molecule has 1 N–H and O–H groups in total. The monoisotopic (exact) mass is 767 g/mol. The number of unbranched alkanes of at least 4 members (excludes halogenated alkanes) is 5. The summed E-state index contributed by atoms with van der Waals surface area (Å²) in [4.78, 5) is 42.5. The van der Waals surface area contributed by atoms with E-state index < -0.39 is 23.6 Å². The molecule has 1 fully saturated rings. The zero-order valence-corrected chi connectivity index (χ0v) is 32.3. The van der Waals surface area contributed by atoms with Gasteiger partial charge in [0.1, 0.15) is 32.5 Å². The van der Waals surface area contributed by atoms with E-state index in [0.29, 0.717) is 29.5 Å². The van der Waals surface area contributed by atoms with Gasteiger partial charge in [-0.2, -0.15) is 10.5 Å². The molecule has 8 rings (SSSR count). The number of thiazole rings is 2. The predicted molar refractivity (Wildman–Crippen MR) is 217 cm³/mol. The van der Waals surface area contributed by atoms with Crippen LogP contribution in [-0.2, 0) is 24.3 Å². The van der Waals surface area contributed by atoms with E-state index in [9.17, 15) is 30.0 Å². The number of carboxylic acids is 1. The van der Waals surface area contributed by atoms with E-state index in [1.54, 1.807) is 6.08 Å². The number of carbonyl (C=O) groups is 1. The average molecular weight is 768 g/mol. The van der Waals surface area contributed by atoms with E-state index in [-0.39, 0.29) is 19.4 Å². The van der Waals surface area contributed by atoms with Gasteiger partial charge in [-0.25, -0.2) is 0 Å². The Hall–Kier alpha value is -5.49. The topological polar surface area (TPSA) is 132 Å². The van der Waals surface area contributed by atoms with Gasteiger partial charge in [-0.05, 0) is 89.4 Å². The Kier molecular flexibility index (Phi) is 10.2. The fourth-order valence-electron chi connectivity index (χ4n) is 8.81. The van der Waals surface area contributed by atoms with Crippen molar-refractivity contribution in [3.63, 3.8) is 0 Å². The SMILES string of the molecule is CCCCCCCCn1c(=C(C#N)C#N)s/c(=c2/s/c(=C/c3ccc4c(c3)C3CCCC3N4c3ccc4c(c3)Cc3ccccc3-4)c(=O)n2CC(=O)O)c1=O. The number of nitrogens with zero attached hydrogens (tertiary/aromatic N) is 5. The minimum atomic E-state index is -1.21. The van der Waals surface area contributed by atoms with Crippen molar-refractivity contribution in [2.45, 2.75) is 96.2 Å².